The van der Waals surface area contributed by atoms with Crippen molar-refractivity contribution in [2.45, 2.75) is 50.7 Å². The number of piperidine rings is 1. The van der Waals surface area contributed by atoms with Crippen LogP contribution in [0.5, 0.6) is 5.75 Å². The second-order valence-electron chi connectivity index (χ2n) is 7.62. The number of hydrogen-bond acceptors (Lipinski definition) is 4. The van der Waals surface area contributed by atoms with E-state index in [4.69, 9.17) is 9.84 Å². The monoisotopic (exact) mass is 382 g/mol. The number of aliphatic hydroxyl groups is 1. The first kappa shape index (κ1) is 20.8. The molecule has 0 aliphatic carbocycles. The molecule has 0 amide bonds. The molecule has 1 heterocycles. The van der Waals surface area contributed by atoms with Gasteiger partial charge < -0.3 is 15.2 Å². The van der Waals surface area contributed by atoms with Crippen LogP contribution < -0.4 is 10.1 Å². The summed E-state index contributed by atoms with van der Waals surface area (Å²) in [5.41, 5.74) is 2.60. The summed E-state index contributed by atoms with van der Waals surface area (Å²) in [5, 5.41) is 12.9. The molecule has 0 radical (unpaired) electrons. The Morgan fingerprint density at radius 3 is 2.61 bits per heavy atom. The van der Waals surface area contributed by atoms with Crippen LogP contribution >= 0.6 is 0 Å². The van der Waals surface area contributed by atoms with Crippen LogP contribution in [0.2, 0.25) is 0 Å². The number of para-hydroxylation sites is 1. The van der Waals surface area contributed by atoms with Crippen LogP contribution in [0.25, 0.3) is 0 Å². The van der Waals surface area contributed by atoms with E-state index >= 15 is 0 Å². The predicted molar refractivity (Wildman–Crippen MR) is 115 cm³/mol. The molecule has 0 saturated carbocycles. The number of aliphatic hydroxyl groups excluding tert-OH is 1. The zero-order chi connectivity index (χ0) is 19.6. The van der Waals surface area contributed by atoms with Crippen molar-refractivity contribution < 1.29 is 9.84 Å². The molecule has 2 N–H and O–H groups in total. The SMILES string of the molecule is COc1ccccc1CN[C@H]1CCCN(CCCCCO)[C@H]1c1ccccc1. The minimum atomic E-state index is 0.297. The summed E-state index contributed by atoms with van der Waals surface area (Å²) in [6.45, 7) is 3.35. The van der Waals surface area contributed by atoms with Crippen molar-refractivity contribution in [2.75, 3.05) is 26.8 Å². The van der Waals surface area contributed by atoms with E-state index in [-0.39, 0.29) is 0 Å². The predicted octanol–water partition coefficient (Wildman–Crippen LogP) is 4.15. The van der Waals surface area contributed by atoms with E-state index in [1.54, 1.807) is 7.11 Å². The van der Waals surface area contributed by atoms with E-state index in [0.717, 1.165) is 44.6 Å². The molecule has 0 aromatic heterocycles. The zero-order valence-corrected chi connectivity index (χ0v) is 17.0. The van der Waals surface area contributed by atoms with Crippen LogP contribution in [0.4, 0.5) is 0 Å². The largest absolute Gasteiger partial charge is 0.496 e. The van der Waals surface area contributed by atoms with E-state index < -0.39 is 0 Å². The summed E-state index contributed by atoms with van der Waals surface area (Å²) in [6.07, 6.45) is 5.53. The number of likely N-dealkylation sites (tertiary alicyclic amines) is 1. The van der Waals surface area contributed by atoms with Crippen molar-refractivity contribution in [3.05, 3.63) is 65.7 Å². The Balaban J connectivity index is 1.71. The Hall–Kier alpha value is -1.88. The summed E-state index contributed by atoms with van der Waals surface area (Å²) in [7, 11) is 1.74. The first-order chi connectivity index (χ1) is 13.8. The van der Waals surface area contributed by atoms with Crippen LogP contribution in [0, 0.1) is 0 Å². The van der Waals surface area contributed by atoms with Gasteiger partial charge in [0.2, 0.25) is 0 Å². The molecule has 1 aliphatic rings. The van der Waals surface area contributed by atoms with Gasteiger partial charge in [0.05, 0.1) is 13.2 Å². The molecule has 4 nitrogen and oxygen atoms in total. The van der Waals surface area contributed by atoms with Crippen molar-refractivity contribution in [1.29, 1.82) is 0 Å². The average molecular weight is 383 g/mol. The van der Waals surface area contributed by atoms with E-state index in [0.29, 0.717) is 18.7 Å². The highest BCUT2D eigenvalue weighted by Crippen LogP contribution is 2.32. The molecule has 2 aromatic rings. The van der Waals surface area contributed by atoms with E-state index in [1.165, 1.54) is 24.0 Å². The van der Waals surface area contributed by atoms with Gasteiger partial charge in [-0.2, -0.15) is 0 Å². The summed E-state index contributed by atoms with van der Waals surface area (Å²) >= 11 is 0. The lowest BCUT2D eigenvalue weighted by Crippen LogP contribution is -2.48. The maximum atomic E-state index is 9.06. The van der Waals surface area contributed by atoms with Gasteiger partial charge in [-0.1, -0.05) is 48.5 Å². The number of rotatable bonds is 10. The zero-order valence-electron chi connectivity index (χ0n) is 17.0. The molecule has 2 aromatic carbocycles. The quantitative estimate of drug-likeness (QED) is 0.606. The molecule has 28 heavy (non-hydrogen) atoms. The van der Waals surface area contributed by atoms with Gasteiger partial charge in [0.15, 0.2) is 0 Å². The highest BCUT2D eigenvalue weighted by Gasteiger charge is 2.32. The van der Waals surface area contributed by atoms with Gasteiger partial charge >= 0.3 is 0 Å². The Bertz CT molecular complexity index is 692. The minimum Gasteiger partial charge on any atom is -0.496 e. The Kier molecular flexibility index (Phi) is 8.34. The summed E-state index contributed by atoms with van der Waals surface area (Å²) in [6, 6.07) is 20.0. The van der Waals surface area contributed by atoms with Crippen LogP contribution in [-0.4, -0.2) is 42.9 Å². The van der Waals surface area contributed by atoms with Crippen molar-refractivity contribution in [1.82, 2.24) is 10.2 Å². The number of nitrogens with zero attached hydrogens (tertiary/aromatic N) is 1. The normalized spacial score (nSPS) is 20.2. The fraction of sp³-hybridized carbons (Fsp3) is 0.500. The highest BCUT2D eigenvalue weighted by atomic mass is 16.5. The molecule has 3 rings (SSSR count). The molecule has 1 fully saturated rings. The van der Waals surface area contributed by atoms with Crippen LogP contribution in [0.1, 0.15) is 49.3 Å². The fourth-order valence-corrected chi connectivity index (χ4v) is 4.32. The minimum absolute atomic E-state index is 0.297. The van der Waals surface area contributed by atoms with Crippen molar-refractivity contribution in [3.63, 3.8) is 0 Å². The number of ether oxygens (including phenoxy) is 1. The Morgan fingerprint density at radius 2 is 1.82 bits per heavy atom. The summed E-state index contributed by atoms with van der Waals surface area (Å²) in [5.74, 6) is 0.947. The topological polar surface area (TPSA) is 44.7 Å². The fourth-order valence-electron chi connectivity index (χ4n) is 4.32. The first-order valence-electron chi connectivity index (χ1n) is 10.6. The first-order valence-corrected chi connectivity index (χ1v) is 10.6. The van der Waals surface area contributed by atoms with Gasteiger partial charge in [-0.05, 0) is 56.8 Å². The van der Waals surface area contributed by atoms with Crippen molar-refractivity contribution >= 4 is 0 Å². The third-order valence-electron chi connectivity index (χ3n) is 5.73. The lowest BCUT2D eigenvalue weighted by molar-refractivity contribution is 0.108. The third kappa shape index (κ3) is 5.57. The van der Waals surface area contributed by atoms with Gasteiger partial charge in [0.25, 0.3) is 0 Å². The summed E-state index contributed by atoms with van der Waals surface area (Å²) in [4.78, 5) is 2.64. The number of benzene rings is 2. The Labute approximate surface area is 169 Å². The van der Waals surface area contributed by atoms with Gasteiger partial charge in [-0.25, -0.2) is 0 Å². The number of hydrogen-bond donors (Lipinski definition) is 2. The third-order valence-corrected chi connectivity index (χ3v) is 5.73. The van der Waals surface area contributed by atoms with E-state index in [9.17, 15) is 0 Å². The molecule has 152 valence electrons. The van der Waals surface area contributed by atoms with Gasteiger partial charge in [-0.15, -0.1) is 0 Å². The molecular formula is C24H34N2O2. The molecule has 4 heteroatoms. The van der Waals surface area contributed by atoms with Crippen LogP contribution in [0.15, 0.2) is 54.6 Å². The molecule has 1 aliphatic heterocycles. The standard InChI is InChI=1S/C24H34N2O2/c1-28-23-15-7-6-13-21(23)19-25-22-14-10-17-26(16-8-3-9-18-27)24(22)20-11-4-2-5-12-20/h2,4-7,11-13,15,22,24-25,27H,3,8-10,14,16-19H2,1H3/t22-,24-/m0/s1. The number of unbranched alkanes of at least 4 members (excludes halogenated alkanes) is 2. The van der Waals surface area contributed by atoms with Crippen molar-refractivity contribution in [3.8, 4) is 5.75 Å². The molecular weight excluding hydrogens is 348 g/mol. The maximum absolute atomic E-state index is 9.06. The van der Waals surface area contributed by atoms with Crippen LogP contribution in [0.3, 0.4) is 0 Å². The smallest absolute Gasteiger partial charge is 0.123 e. The average Bonchev–Trinajstić information content (AvgIpc) is 2.76. The second kappa shape index (κ2) is 11.2. The molecule has 0 bridgehead atoms. The van der Waals surface area contributed by atoms with Gasteiger partial charge in [-0.3, -0.25) is 4.90 Å². The van der Waals surface area contributed by atoms with Gasteiger partial charge in [0.1, 0.15) is 5.75 Å². The maximum Gasteiger partial charge on any atom is 0.123 e. The molecule has 0 spiro atoms. The second-order valence-corrected chi connectivity index (χ2v) is 7.62. The van der Waals surface area contributed by atoms with Crippen LogP contribution in [-0.2, 0) is 6.54 Å². The lowest BCUT2D eigenvalue weighted by Gasteiger charge is -2.42. The molecule has 1 saturated heterocycles. The van der Waals surface area contributed by atoms with E-state index in [2.05, 4.69) is 52.7 Å². The van der Waals surface area contributed by atoms with E-state index in [1.807, 2.05) is 12.1 Å². The summed E-state index contributed by atoms with van der Waals surface area (Å²) < 4.78 is 5.52. The number of methoxy groups -OCH3 is 1. The Morgan fingerprint density at radius 1 is 1.04 bits per heavy atom. The number of nitrogens with one attached hydrogen (secondary N) is 1. The van der Waals surface area contributed by atoms with Gasteiger partial charge in [0, 0.05) is 24.8 Å². The molecule has 2 atom stereocenters. The highest BCUT2D eigenvalue weighted by molar-refractivity contribution is 5.33. The lowest BCUT2D eigenvalue weighted by atomic mass is 9.89. The van der Waals surface area contributed by atoms with Crippen molar-refractivity contribution in [2.24, 2.45) is 0 Å². The molecule has 0 unspecified atom stereocenters.